The lowest BCUT2D eigenvalue weighted by molar-refractivity contribution is -0.137. The first-order chi connectivity index (χ1) is 9.53. The van der Waals surface area contributed by atoms with Crippen LogP contribution in [0.25, 0.3) is 0 Å². The number of aliphatic carboxylic acids is 1. The van der Waals surface area contributed by atoms with Crippen molar-refractivity contribution in [3.8, 4) is 0 Å². The number of urea groups is 1. The van der Waals surface area contributed by atoms with Gasteiger partial charge in [0.1, 0.15) is 0 Å². The molecule has 5 heteroatoms. The average molecular weight is 286 g/mol. The quantitative estimate of drug-likeness (QED) is 0.546. The second-order valence-corrected chi connectivity index (χ2v) is 5.29. The summed E-state index contributed by atoms with van der Waals surface area (Å²) in [5, 5.41) is 14.5. The molecule has 0 heterocycles. The van der Waals surface area contributed by atoms with E-state index in [0.29, 0.717) is 18.9 Å². The number of amides is 2. The highest BCUT2D eigenvalue weighted by atomic mass is 16.4. The number of nitrogens with one attached hydrogen (secondary N) is 2. The first-order valence-corrected chi connectivity index (χ1v) is 7.79. The predicted octanol–water partition coefficient (Wildman–Crippen LogP) is 3.15. The molecule has 118 valence electrons. The Morgan fingerprint density at radius 2 is 1.75 bits per heavy atom. The third-order valence-electron chi connectivity index (χ3n) is 3.65. The summed E-state index contributed by atoms with van der Waals surface area (Å²) < 4.78 is 0. The molecule has 0 aromatic heterocycles. The molecule has 0 saturated heterocycles. The van der Waals surface area contributed by atoms with Gasteiger partial charge < -0.3 is 15.7 Å². The molecule has 0 aromatic rings. The lowest BCUT2D eigenvalue weighted by Gasteiger charge is -2.18. The topological polar surface area (TPSA) is 78.4 Å². The van der Waals surface area contributed by atoms with Gasteiger partial charge in [0.05, 0.1) is 0 Å². The largest absolute Gasteiger partial charge is 0.481 e. The van der Waals surface area contributed by atoms with Crippen molar-refractivity contribution in [3.05, 3.63) is 0 Å². The van der Waals surface area contributed by atoms with Crippen molar-refractivity contribution in [2.24, 2.45) is 5.92 Å². The second-order valence-electron chi connectivity index (χ2n) is 5.29. The van der Waals surface area contributed by atoms with Crippen LogP contribution in [0.3, 0.4) is 0 Å². The van der Waals surface area contributed by atoms with Crippen LogP contribution >= 0.6 is 0 Å². The van der Waals surface area contributed by atoms with Crippen molar-refractivity contribution >= 4 is 12.0 Å². The molecule has 5 nitrogen and oxygen atoms in total. The van der Waals surface area contributed by atoms with E-state index >= 15 is 0 Å². The summed E-state index contributed by atoms with van der Waals surface area (Å²) >= 11 is 0. The van der Waals surface area contributed by atoms with Crippen LogP contribution in [0.5, 0.6) is 0 Å². The van der Waals surface area contributed by atoms with Gasteiger partial charge in [-0.1, -0.05) is 33.6 Å². The first-order valence-electron chi connectivity index (χ1n) is 7.79. The maximum Gasteiger partial charge on any atom is 0.315 e. The summed E-state index contributed by atoms with van der Waals surface area (Å²) in [4.78, 5) is 22.2. The van der Waals surface area contributed by atoms with Gasteiger partial charge in [0.2, 0.25) is 0 Å². The number of hydrogen-bond donors (Lipinski definition) is 3. The highest BCUT2D eigenvalue weighted by Crippen LogP contribution is 2.14. The van der Waals surface area contributed by atoms with Crippen molar-refractivity contribution in [2.45, 2.75) is 71.8 Å². The predicted molar refractivity (Wildman–Crippen MR) is 80.8 cm³/mol. The molecule has 0 rings (SSSR count). The zero-order chi connectivity index (χ0) is 15.4. The Morgan fingerprint density at radius 3 is 2.25 bits per heavy atom. The number of hydrogen-bond acceptors (Lipinski definition) is 2. The van der Waals surface area contributed by atoms with E-state index in [4.69, 9.17) is 5.11 Å². The molecule has 0 saturated carbocycles. The molecule has 0 radical (unpaired) electrons. The molecular weight excluding hydrogens is 256 g/mol. The molecule has 0 aliphatic rings. The van der Waals surface area contributed by atoms with E-state index in [0.717, 1.165) is 32.1 Å². The van der Waals surface area contributed by atoms with Crippen LogP contribution in [-0.2, 0) is 4.79 Å². The highest BCUT2D eigenvalue weighted by Gasteiger charge is 2.11. The number of carboxylic acids is 1. The van der Waals surface area contributed by atoms with Crippen molar-refractivity contribution in [3.63, 3.8) is 0 Å². The van der Waals surface area contributed by atoms with Crippen molar-refractivity contribution < 1.29 is 14.7 Å². The monoisotopic (exact) mass is 286 g/mol. The molecule has 2 amide bonds. The van der Waals surface area contributed by atoms with E-state index in [1.807, 2.05) is 0 Å². The fourth-order valence-corrected chi connectivity index (χ4v) is 2.23. The maximum absolute atomic E-state index is 11.7. The normalized spacial score (nSPS) is 13.6. The molecule has 2 atom stereocenters. The molecule has 0 aliphatic carbocycles. The molecule has 3 N–H and O–H groups in total. The summed E-state index contributed by atoms with van der Waals surface area (Å²) in [6, 6.07) is 0.132. The summed E-state index contributed by atoms with van der Waals surface area (Å²) in [5.74, 6) is -0.386. The Bertz CT molecular complexity index is 282. The number of carbonyl (C=O) groups excluding carboxylic acids is 1. The molecule has 2 unspecified atom stereocenters. The Hall–Kier alpha value is -1.26. The van der Waals surface area contributed by atoms with Gasteiger partial charge in [-0.25, -0.2) is 4.79 Å². The standard InChI is InChI=1S/C15H30N2O3/c1-4-7-13(6-3)17-15(20)16-11-10-12(5-2)8-9-14(18)19/h12-13H,4-11H2,1-3H3,(H,18,19)(H2,16,17,20). The lowest BCUT2D eigenvalue weighted by Crippen LogP contribution is -2.42. The Kier molecular flexibility index (Phi) is 10.8. The van der Waals surface area contributed by atoms with Gasteiger partial charge in [0, 0.05) is 19.0 Å². The highest BCUT2D eigenvalue weighted by molar-refractivity contribution is 5.74. The number of rotatable bonds is 11. The minimum absolute atomic E-state index is 0.113. The molecule has 0 spiro atoms. The SMILES string of the molecule is CCCC(CC)NC(=O)NCCC(CC)CCC(=O)O. The van der Waals surface area contributed by atoms with Crippen LogP contribution in [-0.4, -0.2) is 29.7 Å². The van der Waals surface area contributed by atoms with E-state index < -0.39 is 5.97 Å². The molecule has 0 fully saturated rings. The van der Waals surface area contributed by atoms with Crippen molar-refractivity contribution in [1.82, 2.24) is 10.6 Å². The van der Waals surface area contributed by atoms with Crippen LogP contribution in [0.15, 0.2) is 0 Å². The van der Waals surface area contributed by atoms with Gasteiger partial charge in [0.15, 0.2) is 0 Å². The average Bonchev–Trinajstić information content (AvgIpc) is 2.41. The summed E-state index contributed by atoms with van der Waals surface area (Å²) in [5.41, 5.74) is 0. The molecule has 0 bridgehead atoms. The van der Waals surface area contributed by atoms with E-state index in [9.17, 15) is 9.59 Å². The van der Waals surface area contributed by atoms with Crippen LogP contribution in [0, 0.1) is 5.92 Å². The third-order valence-corrected chi connectivity index (χ3v) is 3.65. The maximum atomic E-state index is 11.7. The fraction of sp³-hybridized carbons (Fsp3) is 0.867. The van der Waals surface area contributed by atoms with E-state index in [1.165, 1.54) is 0 Å². The lowest BCUT2D eigenvalue weighted by atomic mass is 9.97. The van der Waals surface area contributed by atoms with Crippen LogP contribution in [0.2, 0.25) is 0 Å². The van der Waals surface area contributed by atoms with Gasteiger partial charge in [-0.15, -0.1) is 0 Å². The van der Waals surface area contributed by atoms with Gasteiger partial charge >= 0.3 is 12.0 Å². The van der Waals surface area contributed by atoms with Gasteiger partial charge in [-0.3, -0.25) is 4.79 Å². The van der Waals surface area contributed by atoms with E-state index in [2.05, 4.69) is 31.4 Å². The summed E-state index contributed by atoms with van der Waals surface area (Å²) in [7, 11) is 0. The van der Waals surface area contributed by atoms with Crippen LogP contribution < -0.4 is 10.6 Å². The van der Waals surface area contributed by atoms with E-state index in [-0.39, 0.29) is 18.5 Å². The first kappa shape index (κ1) is 18.7. The minimum Gasteiger partial charge on any atom is -0.481 e. The minimum atomic E-state index is -0.750. The second kappa shape index (κ2) is 11.6. The number of carbonyl (C=O) groups is 2. The third kappa shape index (κ3) is 9.64. The fourth-order valence-electron chi connectivity index (χ4n) is 2.23. The zero-order valence-corrected chi connectivity index (χ0v) is 13.1. The molecular formula is C15H30N2O3. The van der Waals surface area contributed by atoms with Crippen molar-refractivity contribution in [1.29, 1.82) is 0 Å². The Balaban J connectivity index is 3.84. The molecule has 20 heavy (non-hydrogen) atoms. The van der Waals surface area contributed by atoms with Gasteiger partial charge in [-0.05, 0) is 31.6 Å². The van der Waals surface area contributed by atoms with Crippen molar-refractivity contribution in [2.75, 3.05) is 6.54 Å². The van der Waals surface area contributed by atoms with Gasteiger partial charge in [-0.2, -0.15) is 0 Å². The number of carboxylic acid groups (broad SMARTS) is 1. The van der Waals surface area contributed by atoms with Gasteiger partial charge in [0.25, 0.3) is 0 Å². The van der Waals surface area contributed by atoms with Crippen LogP contribution in [0.1, 0.15) is 65.7 Å². The van der Waals surface area contributed by atoms with E-state index in [1.54, 1.807) is 0 Å². The van der Waals surface area contributed by atoms with Crippen LogP contribution in [0.4, 0.5) is 4.79 Å². The zero-order valence-electron chi connectivity index (χ0n) is 13.1. The Labute approximate surface area is 122 Å². The summed E-state index contributed by atoms with van der Waals surface area (Å²) in [6.07, 6.45) is 5.68. The molecule has 0 aliphatic heterocycles. The summed E-state index contributed by atoms with van der Waals surface area (Å²) in [6.45, 7) is 6.84. The Morgan fingerprint density at radius 1 is 1.05 bits per heavy atom. The smallest absolute Gasteiger partial charge is 0.315 e. The molecule has 0 aromatic carbocycles.